The predicted octanol–water partition coefficient (Wildman–Crippen LogP) is 2.98. The van der Waals surface area contributed by atoms with Crippen molar-refractivity contribution in [2.75, 3.05) is 24.5 Å². The van der Waals surface area contributed by atoms with E-state index in [0.717, 1.165) is 37.4 Å². The van der Waals surface area contributed by atoms with Crippen LogP contribution in [0.15, 0.2) is 61.1 Å². The summed E-state index contributed by atoms with van der Waals surface area (Å²) >= 11 is 0. The highest BCUT2D eigenvalue weighted by molar-refractivity contribution is 5.92. The molecule has 2 aliphatic heterocycles. The monoisotopic (exact) mass is 385 g/mol. The Morgan fingerprint density at radius 1 is 1.10 bits per heavy atom. The minimum Gasteiger partial charge on any atom is -0.365 e. The average Bonchev–Trinajstić information content (AvgIpc) is 3.31. The maximum atomic E-state index is 13.0. The fraction of sp³-hybridized carbons (Fsp3) is 0.304. The summed E-state index contributed by atoms with van der Waals surface area (Å²) in [5.41, 5.74) is 4.71. The van der Waals surface area contributed by atoms with Crippen LogP contribution in [0.25, 0.3) is 0 Å². The third-order valence-electron chi connectivity index (χ3n) is 5.97. The van der Waals surface area contributed by atoms with Gasteiger partial charge in [-0.05, 0) is 49.2 Å². The van der Waals surface area contributed by atoms with E-state index in [1.807, 2.05) is 48.5 Å². The van der Waals surface area contributed by atoms with Gasteiger partial charge in [-0.15, -0.1) is 0 Å². The molecule has 3 aromatic rings. The van der Waals surface area contributed by atoms with Gasteiger partial charge in [0.05, 0.1) is 16.8 Å². The molecule has 1 saturated heterocycles. The Labute approximate surface area is 170 Å². The smallest absolute Gasteiger partial charge is 0.272 e. The van der Waals surface area contributed by atoms with E-state index in [0.29, 0.717) is 12.2 Å². The van der Waals surface area contributed by atoms with Crippen molar-refractivity contribution in [1.82, 2.24) is 19.9 Å². The van der Waals surface area contributed by atoms with Crippen LogP contribution >= 0.6 is 0 Å². The molecule has 5 heterocycles. The lowest BCUT2D eigenvalue weighted by atomic mass is 9.85. The van der Waals surface area contributed by atoms with Gasteiger partial charge in [0, 0.05) is 50.5 Å². The third-order valence-corrected chi connectivity index (χ3v) is 5.97. The highest BCUT2D eigenvalue weighted by Crippen LogP contribution is 2.45. The molecule has 6 heteroatoms. The van der Waals surface area contributed by atoms with Crippen molar-refractivity contribution in [3.63, 3.8) is 0 Å². The van der Waals surface area contributed by atoms with Gasteiger partial charge in [-0.1, -0.05) is 12.1 Å². The van der Waals surface area contributed by atoms with Crippen molar-refractivity contribution in [3.8, 4) is 0 Å². The molecule has 1 amide bonds. The Hall–Kier alpha value is -3.28. The number of hydrogen-bond donors (Lipinski definition) is 0. The lowest BCUT2D eigenvalue weighted by Gasteiger charge is -2.25. The second kappa shape index (κ2) is 6.95. The Kier molecular flexibility index (Phi) is 4.27. The van der Waals surface area contributed by atoms with Crippen LogP contribution in [-0.2, 0) is 12.0 Å². The number of hydrogen-bond acceptors (Lipinski definition) is 5. The number of pyridine rings is 3. The third kappa shape index (κ3) is 3.14. The molecule has 0 aromatic carbocycles. The minimum absolute atomic E-state index is 0.00812. The predicted molar refractivity (Wildman–Crippen MR) is 111 cm³/mol. The van der Waals surface area contributed by atoms with Crippen molar-refractivity contribution < 1.29 is 4.79 Å². The summed E-state index contributed by atoms with van der Waals surface area (Å²) in [5.74, 6) is 0.00812. The van der Waals surface area contributed by atoms with Crippen molar-refractivity contribution in [1.29, 1.82) is 0 Å². The van der Waals surface area contributed by atoms with E-state index < -0.39 is 0 Å². The van der Waals surface area contributed by atoms with E-state index in [2.05, 4.69) is 27.0 Å². The van der Waals surface area contributed by atoms with Crippen LogP contribution in [0, 0.1) is 6.92 Å². The van der Waals surface area contributed by atoms with Gasteiger partial charge in [0.25, 0.3) is 5.91 Å². The lowest BCUT2D eigenvalue weighted by Crippen LogP contribution is -2.38. The van der Waals surface area contributed by atoms with Crippen LogP contribution in [0.1, 0.15) is 33.9 Å². The number of aryl methyl sites for hydroxylation is 1. The summed E-state index contributed by atoms with van der Waals surface area (Å²) in [6, 6.07) is 13.8. The van der Waals surface area contributed by atoms with E-state index in [1.165, 1.54) is 11.3 Å². The number of fused-ring (bicyclic) bond motifs is 2. The molecule has 146 valence electrons. The molecule has 1 spiro atoms. The standard InChI is InChI=1S/C23H23N5O/c1-17-5-2-7-19(26-17)22(29)27-12-9-23(15-27)16-28(14-18-6-3-10-24-13-18)20-8-4-11-25-21(20)23/h2-8,10-11,13H,9,12,14-16H2,1H3. The zero-order valence-electron chi connectivity index (χ0n) is 16.5. The normalized spacial score (nSPS) is 20.3. The Balaban J connectivity index is 1.41. The van der Waals surface area contributed by atoms with E-state index in [-0.39, 0.29) is 11.3 Å². The van der Waals surface area contributed by atoms with Crippen molar-refractivity contribution in [3.05, 3.63) is 83.7 Å². The fourth-order valence-corrected chi connectivity index (χ4v) is 4.63. The van der Waals surface area contributed by atoms with Crippen LogP contribution in [0.2, 0.25) is 0 Å². The van der Waals surface area contributed by atoms with Crippen LogP contribution in [0.5, 0.6) is 0 Å². The maximum Gasteiger partial charge on any atom is 0.272 e. The molecule has 0 aliphatic carbocycles. The first-order chi connectivity index (χ1) is 14.1. The second-order valence-corrected chi connectivity index (χ2v) is 8.01. The number of carbonyl (C=O) groups excluding carboxylic acids is 1. The molecule has 1 fully saturated rings. The van der Waals surface area contributed by atoms with Crippen LogP contribution in [0.4, 0.5) is 5.69 Å². The van der Waals surface area contributed by atoms with Gasteiger partial charge in [0.1, 0.15) is 5.69 Å². The van der Waals surface area contributed by atoms with Gasteiger partial charge < -0.3 is 9.80 Å². The molecule has 3 aromatic heterocycles. The van der Waals surface area contributed by atoms with Crippen molar-refractivity contribution in [2.24, 2.45) is 0 Å². The first kappa shape index (κ1) is 17.8. The molecular formula is C23H23N5O. The van der Waals surface area contributed by atoms with Crippen molar-refractivity contribution >= 4 is 11.6 Å². The van der Waals surface area contributed by atoms with Gasteiger partial charge in [-0.25, -0.2) is 4.98 Å². The van der Waals surface area contributed by atoms with Crippen molar-refractivity contribution in [2.45, 2.75) is 25.3 Å². The number of carbonyl (C=O) groups is 1. The Morgan fingerprint density at radius 2 is 2.00 bits per heavy atom. The fourth-order valence-electron chi connectivity index (χ4n) is 4.63. The first-order valence-corrected chi connectivity index (χ1v) is 9.97. The summed E-state index contributed by atoms with van der Waals surface area (Å²) in [5, 5.41) is 0. The first-order valence-electron chi connectivity index (χ1n) is 9.97. The van der Waals surface area contributed by atoms with E-state index >= 15 is 0 Å². The maximum absolute atomic E-state index is 13.0. The molecule has 29 heavy (non-hydrogen) atoms. The Bertz CT molecular complexity index is 1050. The number of rotatable bonds is 3. The minimum atomic E-state index is -0.127. The SMILES string of the molecule is Cc1cccc(C(=O)N2CCC3(C2)CN(Cc2cccnc2)c2cccnc23)n1. The molecule has 2 aliphatic rings. The zero-order valence-corrected chi connectivity index (χ0v) is 16.5. The van der Waals surface area contributed by atoms with Gasteiger partial charge >= 0.3 is 0 Å². The number of amides is 1. The molecule has 0 N–H and O–H groups in total. The summed E-state index contributed by atoms with van der Waals surface area (Å²) in [7, 11) is 0. The number of aromatic nitrogens is 3. The highest BCUT2D eigenvalue weighted by Gasteiger charge is 2.49. The topological polar surface area (TPSA) is 62.2 Å². The molecule has 1 atom stereocenters. The number of likely N-dealkylation sites (tertiary alicyclic amines) is 1. The molecule has 0 bridgehead atoms. The highest BCUT2D eigenvalue weighted by atomic mass is 16.2. The summed E-state index contributed by atoms with van der Waals surface area (Å²) in [4.78, 5) is 30.8. The van der Waals surface area contributed by atoms with Gasteiger partial charge in [-0.3, -0.25) is 14.8 Å². The average molecular weight is 385 g/mol. The lowest BCUT2D eigenvalue weighted by molar-refractivity contribution is 0.0778. The zero-order chi connectivity index (χ0) is 19.8. The number of anilines is 1. The molecule has 0 radical (unpaired) electrons. The van der Waals surface area contributed by atoms with Crippen LogP contribution in [0.3, 0.4) is 0 Å². The van der Waals surface area contributed by atoms with Crippen LogP contribution < -0.4 is 4.90 Å². The summed E-state index contributed by atoms with van der Waals surface area (Å²) in [6.07, 6.45) is 6.48. The summed E-state index contributed by atoms with van der Waals surface area (Å²) < 4.78 is 0. The summed E-state index contributed by atoms with van der Waals surface area (Å²) in [6.45, 7) is 4.97. The van der Waals surface area contributed by atoms with Gasteiger partial charge in [0.2, 0.25) is 0 Å². The molecule has 0 saturated carbocycles. The second-order valence-electron chi connectivity index (χ2n) is 8.01. The van der Waals surface area contributed by atoms with Gasteiger partial charge in [-0.2, -0.15) is 0 Å². The number of nitrogens with zero attached hydrogens (tertiary/aromatic N) is 5. The van der Waals surface area contributed by atoms with E-state index in [9.17, 15) is 4.79 Å². The quantitative estimate of drug-likeness (QED) is 0.694. The largest absolute Gasteiger partial charge is 0.365 e. The molecule has 1 unspecified atom stereocenters. The van der Waals surface area contributed by atoms with Crippen LogP contribution in [-0.4, -0.2) is 45.4 Å². The van der Waals surface area contributed by atoms with E-state index in [1.54, 1.807) is 12.3 Å². The molecular weight excluding hydrogens is 362 g/mol. The van der Waals surface area contributed by atoms with Gasteiger partial charge in [0.15, 0.2) is 0 Å². The molecule has 6 nitrogen and oxygen atoms in total. The molecule has 5 rings (SSSR count). The van der Waals surface area contributed by atoms with E-state index in [4.69, 9.17) is 4.98 Å². The Morgan fingerprint density at radius 3 is 2.83 bits per heavy atom.